The predicted octanol–water partition coefficient (Wildman–Crippen LogP) is 4.07. The average Bonchev–Trinajstić information content (AvgIpc) is 3.34. The van der Waals surface area contributed by atoms with Crippen molar-refractivity contribution in [2.45, 2.75) is 29.7 Å². The molecule has 1 aromatic heterocycles. The Labute approximate surface area is 192 Å². The summed E-state index contributed by atoms with van der Waals surface area (Å²) in [5.41, 5.74) is 2.46. The van der Waals surface area contributed by atoms with Gasteiger partial charge in [0.25, 0.3) is 0 Å². The average molecular weight is 472 g/mol. The van der Waals surface area contributed by atoms with Crippen molar-refractivity contribution in [1.29, 1.82) is 0 Å². The molecule has 9 heteroatoms. The van der Waals surface area contributed by atoms with Crippen LogP contribution in [-0.4, -0.2) is 49.6 Å². The number of amides is 1. The van der Waals surface area contributed by atoms with Crippen molar-refractivity contribution in [2.75, 3.05) is 31.3 Å². The van der Waals surface area contributed by atoms with Crippen molar-refractivity contribution in [1.82, 2.24) is 9.29 Å². The van der Waals surface area contributed by atoms with Gasteiger partial charge >= 0.3 is 0 Å². The van der Waals surface area contributed by atoms with Gasteiger partial charge in [0.05, 0.1) is 28.3 Å². The van der Waals surface area contributed by atoms with E-state index in [1.807, 2.05) is 31.2 Å². The van der Waals surface area contributed by atoms with Gasteiger partial charge < -0.3 is 10.1 Å². The first-order valence-corrected chi connectivity index (χ1v) is 12.8. The number of nitrogens with zero attached hydrogens (tertiary/aromatic N) is 2. The zero-order valence-corrected chi connectivity index (χ0v) is 19.6. The number of rotatable bonds is 7. The van der Waals surface area contributed by atoms with E-state index in [1.165, 1.54) is 28.2 Å². The molecule has 0 radical (unpaired) electrons. The second-order valence-corrected chi connectivity index (χ2v) is 10.6. The third-order valence-electron chi connectivity index (χ3n) is 5.39. The summed E-state index contributed by atoms with van der Waals surface area (Å²) in [6.45, 7) is 3.14. The van der Waals surface area contributed by atoms with Gasteiger partial charge in [-0.25, -0.2) is 13.4 Å². The Morgan fingerprint density at radius 2 is 1.84 bits per heavy atom. The molecule has 2 heterocycles. The quantitative estimate of drug-likeness (QED) is 0.523. The van der Waals surface area contributed by atoms with Crippen molar-refractivity contribution in [3.05, 3.63) is 54.1 Å². The summed E-state index contributed by atoms with van der Waals surface area (Å²) in [6.07, 6.45) is 1.79. The number of ether oxygens (including phenoxy) is 1. The molecule has 0 bridgehead atoms. The maximum absolute atomic E-state index is 12.6. The molecule has 1 aliphatic heterocycles. The lowest BCUT2D eigenvalue weighted by Gasteiger charge is -2.15. The fraction of sp³-hybridized carbons (Fsp3) is 0.304. The third kappa shape index (κ3) is 4.90. The number of benzene rings is 2. The van der Waals surface area contributed by atoms with Crippen LogP contribution in [0.2, 0.25) is 0 Å². The number of sulfonamides is 1. The maximum Gasteiger partial charge on any atom is 0.243 e. The van der Waals surface area contributed by atoms with E-state index in [2.05, 4.69) is 10.3 Å². The minimum atomic E-state index is -3.46. The molecule has 4 rings (SSSR count). The molecule has 168 valence electrons. The first-order chi connectivity index (χ1) is 15.4. The summed E-state index contributed by atoms with van der Waals surface area (Å²) in [7, 11) is -1.84. The number of thioether (sulfide) groups is 1. The van der Waals surface area contributed by atoms with Crippen molar-refractivity contribution >= 4 is 44.3 Å². The molecule has 1 fully saturated rings. The SMILES string of the molecule is COc1ccc2c(C)cc(SCC(=O)Nc3ccc(S(=O)(=O)N4CCCC4)cc3)nc2c1. The number of aryl methyl sites for hydroxylation is 1. The molecule has 2 aromatic carbocycles. The summed E-state index contributed by atoms with van der Waals surface area (Å²) in [4.78, 5) is 17.3. The molecule has 7 nitrogen and oxygen atoms in total. The minimum absolute atomic E-state index is 0.185. The van der Waals surface area contributed by atoms with Crippen LogP contribution in [0.5, 0.6) is 5.75 Å². The van der Waals surface area contributed by atoms with E-state index in [1.54, 1.807) is 19.2 Å². The number of methoxy groups -OCH3 is 1. The van der Waals surface area contributed by atoms with E-state index in [9.17, 15) is 13.2 Å². The largest absolute Gasteiger partial charge is 0.497 e. The smallest absolute Gasteiger partial charge is 0.243 e. The second kappa shape index (κ2) is 9.48. The Kier molecular flexibility index (Phi) is 6.68. The Morgan fingerprint density at radius 3 is 2.53 bits per heavy atom. The number of nitrogens with one attached hydrogen (secondary N) is 1. The minimum Gasteiger partial charge on any atom is -0.497 e. The van der Waals surface area contributed by atoms with Crippen LogP contribution >= 0.6 is 11.8 Å². The van der Waals surface area contributed by atoms with Gasteiger partial charge in [-0.2, -0.15) is 4.31 Å². The van der Waals surface area contributed by atoms with Crippen LogP contribution in [0.25, 0.3) is 10.9 Å². The van der Waals surface area contributed by atoms with Gasteiger partial charge in [0.15, 0.2) is 0 Å². The molecular formula is C23H25N3O4S2. The van der Waals surface area contributed by atoms with Gasteiger partial charge in [-0.3, -0.25) is 4.79 Å². The Hall–Kier alpha value is -2.62. The molecule has 32 heavy (non-hydrogen) atoms. The normalized spacial score (nSPS) is 14.6. The van der Waals surface area contributed by atoms with Gasteiger partial charge in [0, 0.05) is 30.2 Å². The summed E-state index contributed by atoms with van der Waals surface area (Å²) < 4.78 is 32.0. The molecular weight excluding hydrogens is 446 g/mol. The molecule has 0 aliphatic carbocycles. The topological polar surface area (TPSA) is 88.6 Å². The zero-order chi connectivity index (χ0) is 22.7. The van der Waals surface area contributed by atoms with Crippen LogP contribution in [-0.2, 0) is 14.8 Å². The Balaban J connectivity index is 1.39. The van der Waals surface area contributed by atoms with E-state index in [-0.39, 0.29) is 16.6 Å². The van der Waals surface area contributed by atoms with Crippen molar-refractivity contribution < 1.29 is 17.9 Å². The van der Waals surface area contributed by atoms with Gasteiger partial charge in [-0.05, 0) is 67.8 Å². The summed E-state index contributed by atoms with van der Waals surface area (Å²) in [5.74, 6) is 0.741. The van der Waals surface area contributed by atoms with E-state index < -0.39 is 10.0 Å². The first kappa shape index (κ1) is 22.6. The fourth-order valence-corrected chi connectivity index (χ4v) is 5.97. The number of aromatic nitrogens is 1. The molecule has 0 spiro atoms. The highest BCUT2D eigenvalue weighted by Gasteiger charge is 2.26. The first-order valence-electron chi connectivity index (χ1n) is 10.3. The van der Waals surface area contributed by atoms with Crippen LogP contribution < -0.4 is 10.1 Å². The van der Waals surface area contributed by atoms with E-state index in [4.69, 9.17) is 4.74 Å². The molecule has 1 N–H and O–H groups in total. The lowest BCUT2D eigenvalue weighted by atomic mass is 10.1. The van der Waals surface area contributed by atoms with Crippen molar-refractivity contribution in [2.24, 2.45) is 0 Å². The number of hydrogen-bond donors (Lipinski definition) is 1. The van der Waals surface area contributed by atoms with Crippen LogP contribution in [0.3, 0.4) is 0 Å². The maximum atomic E-state index is 12.6. The van der Waals surface area contributed by atoms with E-state index >= 15 is 0 Å². The number of carbonyl (C=O) groups excluding carboxylic acids is 1. The molecule has 0 atom stereocenters. The molecule has 1 aliphatic rings. The lowest BCUT2D eigenvalue weighted by molar-refractivity contribution is -0.113. The highest BCUT2D eigenvalue weighted by atomic mass is 32.2. The molecule has 1 saturated heterocycles. The molecule has 0 unspecified atom stereocenters. The lowest BCUT2D eigenvalue weighted by Crippen LogP contribution is -2.27. The summed E-state index contributed by atoms with van der Waals surface area (Å²) in [5, 5.41) is 4.61. The number of carbonyl (C=O) groups is 1. The van der Waals surface area contributed by atoms with Gasteiger partial charge in [0.2, 0.25) is 15.9 Å². The fourth-order valence-electron chi connectivity index (χ4n) is 3.68. The van der Waals surface area contributed by atoms with E-state index in [0.717, 1.165) is 40.1 Å². The zero-order valence-electron chi connectivity index (χ0n) is 18.0. The highest BCUT2D eigenvalue weighted by Crippen LogP contribution is 2.27. The number of pyridine rings is 1. The van der Waals surface area contributed by atoms with Crippen LogP contribution in [0.4, 0.5) is 5.69 Å². The molecule has 3 aromatic rings. The summed E-state index contributed by atoms with van der Waals surface area (Å²) in [6, 6.07) is 14.0. The van der Waals surface area contributed by atoms with E-state index in [0.29, 0.717) is 18.8 Å². The predicted molar refractivity (Wildman–Crippen MR) is 127 cm³/mol. The Morgan fingerprint density at radius 1 is 1.12 bits per heavy atom. The van der Waals surface area contributed by atoms with Crippen molar-refractivity contribution in [3.63, 3.8) is 0 Å². The number of hydrogen-bond acceptors (Lipinski definition) is 6. The summed E-state index contributed by atoms with van der Waals surface area (Å²) >= 11 is 1.35. The third-order valence-corrected chi connectivity index (χ3v) is 8.22. The van der Waals surface area contributed by atoms with Gasteiger partial charge in [-0.1, -0.05) is 11.8 Å². The second-order valence-electron chi connectivity index (χ2n) is 7.63. The monoisotopic (exact) mass is 471 g/mol. The molecule has 0 saturated carbocycles. The standard InChI is InChI=1S/C23H25N3O4S2/c1-16-13-23(25-21-14-18(30-2)7-10-20(16)21)31-15-22(27)24-17-5-8-19(9-6-17)32(28,29)26-11-3-4-12-26/h5-10,13-14H,3-4,11-12,15H2,1-2H3,(H,24,27). The van der Waals surface area contributed by atoms with Gasteiger partial charge in [0.1, 0.15) is 5.75 Å². The van der Waals surface area contributed by atoms with Crippen LogP contribution in [0.15, 0.2) is 58.5 Å². The van der Waals surface area contributed by atoms with Crippen molar-refractivity contribution in [3.8, 4) is 5.75 Å². The highest BCUT2D eigenvalue weighted by molar-refractivity contribution is 7.99. The molecule has 1 amide bonds. The van der Waals surface area contributed by atoms with Crippen LogP contribution in [0.1, 0.15) is 18.4 Å². The number of anilines is 1. The van der Waals surface area contributed by atoms with Gasteiger partial charge in [-0.15, -0.1) is 0 Å². The van der Waals surface area contributed by atoms with Crippen LogP contribution in [0, 0.1) is 6.92 Å². The number of fused-ring (bicyclic) bond motifs is 1. The Bertz CT molecular complexity index is 1240.